The number of aromatic nitrogens is 3. The van der Waals surface area contributed by atoms with Crippen LogP contribution in [-0.4, -0.2) is 14.8 Å². The van der Waals surface area contributed by atoms with E-state index < -0.39 is 0 Å². The maximum atomic E-state index is 6.55. The van der Waals surface area contributed by atoms with Crippen molar-refractivity contribution in [1.82, 2.24) is 14.8 Å². The van der Waals surface area contributed by atoms with Gasteiger partial charge in [-0.05, 0) is 18.9 Å². The second-order valence-electron chi connectivity index (χ2n) is 4.54. The van der Waals surface area contributed by atoms with Crippen LogP contribution < -0.4 is 5.73 Å². The number of nitrogens with zero attached hydrogens (tertiary/aromatic N) is 3. The Labute approximate surface area is 108 Å². The van der Waals surface area contributed by atoms with Crippen molar-refractivity contribution in [2.24, 2.45) is 5.73 Å². The van der Waals surface area contributed by atoms with Gasteiger partial charge in [0.25, 0.3) is 0 Å². The predicted molar refractivity (Wildman–Crippen MR) is 72.0 cm³/mol. The fraction of sp³-hybridized carbons (Fsp3) is 0.429. The molecule has 1 unspecified atom stereocenters. The normalized spacial score (nSPS) is 14.4. The molecule has 4 heteroatoms. The van der Waals surface area contributed by atoms with E-state index in [9.17, 15) is 0 Å². The molecule has 96 valence electrons. The van der Waals surface area contributed by atoms with E-state index >= 15 is 0 Å². The molecule has 0 radical (unpaired) electrons. The first-order chi connectivity index (χ1) is 8.69. The van der Waals surface area contributed by atoms with Gasteiger partial charge in [0.15, 0.2) is 0 Å². The second kappa shape index (κ2) is 5.31. The highest BCUT2D eigenvalue weighted by molar-refractivity contribution is 5.25. The number of rotatable bonds is 5. The quantitative estimate of drug-likeness (QED) is 0.876. The molecule has 0 saturated heterocycles. The minimum Gasteiger partial charge on any atom is -0.321 e. The second-order valence-corrected chi connectivity index (χ2v) is 4.54. The van der Waals surface area contributed by atoms with Gasteiger partial charge in [0.1, 0.15) is 12.2 Å². The molecule has 0 bridgehead atoms. The van der Waals surface area contributed by atoms with Gasteiger partial charge in [-0.2, -0.15) is 5.10 Å². The monoisotopic (exact) mass is 244 g/mol. The Bertz CT molecular complexity index is 492. The zero-order valence-electron chi connectivity index (χ0n) is 11.0. The SMILES string of the molecule is CCn1ncnc1CC(N)(CC)c1ccccc1. The maximum absolute atomic E-state index is 6.55. The lowest BCUT2D eigenvalue weighted by atomic mass is 9.85. The lowest BCUT2D eigenvalue weighted by Crippen LogP contribution is -2.39. The predicted octanol–water partition coefficient (Wildman–Crippen LogP) is 2.10. The number of benzene rings is 1. The summed E-state index contributed by atoms with van der Waals surface area (Å²) < 4.78 is 1.90. The fourth-order valence-electron chi connectivity index (χ4n) is 2.17. The molecule has 18 heavy (non-hydrogen) atoms. The van der Waals surface area contributed by atoms with E-state index in [1.165, 1.54) is 0 Å². The van der Waals surface area contributed by atoms with Gasteiger partial charge in [-0.15, -0.1) is 0 Å². The van der Waals surface area contributed by atoms with Crippen LogP contribution in [0.5, 0.6) is 0 Å². The van der Waals surface area contributed by atoms with Crippen LogP contribution in [0.3, 0.4) is 0 Å². The molecule has 4 nitrogen and oxygen atoms in total. The number of hydrogen-bond donors (Lipinski definition) is 1. The molecule has 0 aliphatic carbocycles. The largest absolute Gasteiger partial charge is 0.321 e. The van der Waals surface area contributed by atoms with Crippen molar-refractivity contribution in [3.63, 3.8) is 0 Å². The van der Waals surface area contributed by atoms with Crippen molar-refractivity contribution in [1.29, 1.82) is 0 Å². The minimum absolute atomic E-state index is 0.374. The highest BCUT2D eigenvalue weighted by Gasteiger charge is 2.27. The smallest absolute Gasteiger partial charge is 0.138 e. The van der Waals surface area contributed by atoms with Crippen LogP contribution in [0.25, 0.3) is 0 Å². The Balaban J connectivity index is 2.29. The highest BCUT2D eigenvalue weighted by Crippen LogP contribution is 2.25. The van der Waals surface area contributed by atoms with Crippen molar-refractivity contribution in [2.75, 3.05) is 0 Å². The third-order valence-electron chi connectivity index (χ3n) is 3.45. The molecule has 0 saturated carbocycles. The van der Waals surface area contributed by atoms with E-state index in [0.717, 1.165) is 24.4 Å². The van der Waals surface area contributed by atoms with Crippen LogP contribution in [-0.2, 0) is 18.5 Å². The van der Waals surface area contributed by atoms with Gasteiger partial charge in [0.2, 0.25) is 0 Å². The number of aryl methyl sites for hydroxylation is 1. The highest BCUT2D eigenvalue weighted by atomic mass is 15.3. The topological polar surface area (TPSA) is 56.7 Å². The maximum Gasteiger partial charge on any atom is 0.138 e. The van der Waals surface area contributed by atoms with Gasteiger partial charge in [-0.25, -0.2) is 4.98 Å². The van der Waals surface area contributed by atoms with Crippen molar-refractivity contribution in [3.8, 4) is 0 Å². The summed E-state index contributed by atoms with van der Waals surface area (Å²) >= 11 is 0. The lowest BCUT2D eigenvalue weighted by molar-refractivity contribution is 0.403. The fourth-order valence-corrected chi connectivity index (χ4v) is 2.17. The first kappa shape index (κ1) is 12.8. The van der Waals surface area contributed by atoms with E-state index in [-0.39, 0.29) is 5.54 Å². The summed E-state index contributed by atoms with van der Waals surface area (Å²) in [6, 6.07) is 10.2. The molecule has 0 spiro atoms. The number of nitrogens with two attached hydrogens (primary N) is 1. The van der Waals surface area contributed by atoms with E-state index in [2.05, 4.69) is 36.1 Å². The molecule has 0 aliphatic rings. The standard InChI is InChI=1S/C14H20N4/c1-3-14(15,12-8-6-5-7-9-12)10-13-16-11-17-18(13)4-2/h5-9,11H,3-4,10,15H2,1-2H3. The van der Waals surface area contributed by atoms with E-state index in [0.29, 0.717) is 6.42 Å². The summed E-state index contributed by atoms with van der Waals surface area (Å²) in [5, 5.41) is 4.20. The van der Waals surface area contributed by atoms with Gasteiger partial charge in [0, 0.05) is 18.5 Å². The Morgan fingerprint density at radius 3 is 2.56 bits per heavy atom. The number of hydrogen-bond acceptors (Lipinski definition) is 3. The van der Waals surface area contributed by atoms with E-state index in [1.807, 2.05) is 22.9 Å². The third-order valence-corrected chi connectivity index (χ3v) is 3.45. The van der Waals surface area contributed by atoms with Crippen LogP contribution >= 0.6 is 0 Å². The van der Waals surface area contributed by atoms with Gasteiger partial charge >= 0.3 is 0 Å². The van der Waals surface area contributed by atoms with Crippen LogP contribution in [0.1, 0.15) is 31.7 Å². The third kappa shape index (κ3) is 2.43. The molecule has 1 atom stereocenters. The summed E-state index contributed by atoms with van der Waals surface area (Å²) in [5.41, 5.74) is 7.33. The molecule has 2 rings (SSSR count). The zero-order valence-corrected chi connectivity index (χ0v) is 11.0. The molecule has 1 aromatic heterocycles. The summed E-state index contributed by atoms with van der Waals surface area (Å²) in [6.07, 6.45) is 3.18. The van der Waals surface area contributed by atoms with Gasteiger partial charge < -0.3 is 5.73 Å². The Morgan fingerprint density at radius 1 is 1.22 bits per heavy atom. The average molecular weight is 244 g/mol. The minimum atomic E-state index is -0.374. The van der Waals surface area contributed by atoms with Crippen molar-refractivity contribution >= 4 is 0 Å². The Hall–Kier alpha value is -1.68. The lowest BCUT2D eigenvalue weighted by Gasteiger charge is -2.28. The Kier molecular flexibility index (Phi) is 3.77. The Morgan fingerprint density at radius 2 is 1.94 bits per heavy atom. The summed E-state index contributed by atoms with van der Waals surface area (Å²) in [5.74, 6) is 0.950. The van der Waals surface area contributed by atoms with Crippen molar-refractivity contribution < 1.29 is 0 Å². The van der Waals surface area contributed by atoms with E-state index in [4.69, 9.17) is 5.73 Å². The first-order valence-corrected chi connectivity index (χ1v) is 6.40. The van der Waals surface area contributed by atoms with Gasteiger partial charge in [0.05, 0.1) is 0 Å². The van der Waals surface area contributed by atoms with Crippen LogP contribution in [0, 0.1) is 0 Å². The van der Waals surface area contributed by atoms with E-state index in [1.54, 1.807) is 6.33 Å². The van der Waals surface area contributed by atoms with Crippen molar-refractivity contribution in [2.45, 2.75) is 38.8 Å². The summed E-state index contributed by atoms with van der Waals surface area (Å²) in [4.78, 5) is 4.32. The molecule has 1 heterocycles. The van der Waals surface area contributed by atoms with Crippen molar-refractivity contribution in [3.05, 3.63) is 48.0 Å². The molecule has 0 fully saturated rings. The molecular formula is C14H20N4. The molecule has 2 N–H and O–H groups in total. The summed E-state index contributed by atoms with van der Waals surface area (Å²) in [6.45, 7) is 4.99. The molecule has 0 amide bonds. The molecular weight excluding hydrogens is 224 g/mol. The van der Waals surface area contributed by atoms with Crippen LogP contribution in [0.15, 0.2) is 36.7 Å². The average Bonchev–Trinajstić information content (AvgIpc) is 2.86. The molecule has 1 aromatic carbocycles. The first-order valence-electron chi connectivity index (χ1n) is 6.40. The molecule has 0 aliphatic heterocycles. The summed E-state index contributed by atoms with van der Waals surface area (Å²) in [7, 11) is 0. The van der Waals surface area contributed by atoms with Crippen LogP contribution in [0.4, 0.5) is 0 Å². The van der Waals surface area contributed by atoms with Gasteiger partial charge in [-0.3, -0.25) is 4.68 Å². The van der Waals surface area contributed by atoms with Crippen LogP contribution in [0.2, 0.25) is 0 Å². The molecule has 2 aromatic rings. The van der Waals surface area contributed by atoms with Gasteiger partial charge in [-0.1, -0.05) is 37.3 Å². The zero-order chi connectivity index (χ0) is 13.0.